The van der Waals surface area contributed by atoms with E-state index in [0.717, 1.165) is 5.75 Å². The number of benzene rings is 1. The molecule has 1 aliphatic rings. The smallest absolute Gasteiger partial charge is 0.169 e. The first kappa shape index (κ1) is 15.6. The predicted octanol–water partition coefficient (Wildman–Crippen LogP) is 1.80. The summed E-state index contributed by atoms with van der Waals surface area (Å²) in [5.41, 5.74) is 0.763. The van der Waals surface area contributed by atoms with Crippen LogP contribution < -0.4 is 4.90 Å². The van der Waals surface area contributed by atoms with Crippen LogP contribution in [0.15, 0.2) is 18.2 Å². The summed E-state index contributed by atoms with van der Waals surface area (Å²) in [4.78, 5) is 1.60. The Labute approximate surface area is 122 Å². The molecule has 1 aromatic carbocycles. The lowest BCUT2D eigenvalue weighted by Gasteiger charge is -2.36. The van der Waals surface area contributed by atoms with Gasteiger partial charge in [-0.1, -0.05) is 6.07 Å². The van der Waals surface area contributed by atoms with E-state index in [-0.39, 0.29) is 5.69 Å². The zero-order chi connectivity index (χ0) is 14.9. The second-order valence-corrected chi connectivity index (χ2v) is 8.29. The average molecular weight is 319 g/mol. The standard InChI is InChI=1S/C13H18FNO3S2/c1-9(16)10-3-4-12(11(14)7-10)15-5-6-19-8-13(15)20(2,17)18/h3-4,7,9,13,16H,5-6,8H2,1-2H3. The van der Waals surface area contributed by atoms with Gasteiger partial charge in [0.05, 0.1) is 11.8 Å². The van der Waals surface area contributed by atoms with Gasteiger partial charge in [-0.25, -0.2) is 12.8 Å². The van der Waals surface area contributed by atoms with E-state index in [1.165, 1.54) is 12.3 Å². The Morgan fingerprint density at radius 1 is 1.50 bits per heavy atom. The van der Waals surface area contributed by atoms with Crippen LogP contribution in [0.4, 0.5) is 10.1 Å². The summed E-state index contributed by atoms with van der Waals surface area (Å²) >= 11 is 1.56. The van der Waals surface area contributed by atoms with Gasteiger partial charge in [-0.3, -0.25) is 0 Å². The van der Waals surface area contributed by atoms with Crippen molar-refractivity contribution in [3.05, 3.63) is 29.6 Å². The van der Waals surface area contributed by atoms with Gasteiger partial charge in [0.1, 0.15) is 11.2 Å². The number of rotatable bonds is 3. The van der Waals surface area contributed by atoms with Gasteiger partial charge < -0.3 is 10.0 Å². The van der Waals surface area contributed by atoms with Crippen LogP contribution in [0.2, 0.25) is 0 Å². The minimum atomic E-state index is -3.28. The highest BCUT2D eigenvalue weighted by Crippen LogP contribution is 2.30. The number of aliphatic hydroxyl groups is 1. The van der Waals surface area contributed by atoms with Crippen LogP contribution in [-0.4, -0.2) is 43.2 Å². The minimum absolute atomic E-state index is 0.283. The Morgan fingerprint density at radius 2 is 2.20 bits per heavy atom. The first-order valence-corrected chi connectivity index (χ1v) is 9.42. The molecule has 112 valence electrons. The van der Waals surface area contributed by atoms with Crippen molar-refractivity contribution in [1.29, 1.82) is 0 Å². The minimum Gasteiger partial charge on any atom is -0.389 e. The second-order valence-electron chi connectivity index (χ2n) is 4.94. The fourth-order valence-electron chi connectivity index (χ4n) is 2.23. The van der Waals surface area contributed by atoms with E-state index in [9.17, 15) is 17.9 Å². The molecule has 0 aromatic heterocycles. The summed E-state index contributed by atoms with van der Waals surface area (Å²) in [5, 5.41) is 8.75. The molecule has 1 saturated heterocycles. The first-order chi connectivity index (χ1) is 9.30. The van der Waals surface area contributed by atoms with Gasteiger partial charge in [0.15, 0.2) is 9.84 Å². The Kier molecular flexibility index (Phi) is 4.61. The third kappa shape index (κ3) is 3.27. The van der Waals surface area contributed by atoms with Crippen LogP contribution >= 0.6 is 11.8 Å². The van der Waals surface area contributed by atoms with E-state index in [2.05, 4.69) is 0 Å². The fourth-order valence-corrected chi connectivity index (χ4v) is 5.06. The molecule has 4 nitrogen and oxygen atoms in total. The summed E-state index contributed by atoms with van der Waals surface area (Å²) in [5.74, 6) is 0.712. The number of halogens is 1. The van der Waals surface area contributed by atoms with Crippen LogP contribution in [-0.2, 0) is 9.84 Å². The number of hydrogen-bond donors (Lipinski definition) is 1. The SMILES string of the molecule is CC(O)c1ccc(N2CCSCC2S(C)(=O)=O)c(F)c1. The van der Waals surface area contributed by atoms with Crippen LogP contribution in [0.25, 0.3) is 0 Å². The Morgan fingerprint density at radius 3 is 2.75 bits per heavy atom. The van der Waals surface area contributed by atoms with E-state index >= 15 is 0 Å². The van der Waals surface area contributed by atoms with E-state index in [1.807, 2.05) is 0 Å². The summed E-state index contributed by atoms with van der Waals surface area (Å²) < 4.78 is 37.9. The molecule has 1 heterocycles. The molecule has 20 heavy (non-hydrogen) atoms. The molecule has 0 aliphatic carbocycles. The van der Waals surface area contributed by atoms with Crippen molar-refractivity contribution < 1.29 is 17.9 Å². The van der Waals surface area contributed by atoms with Gasteiger partial charge in [-0.2, -0.15) is 11.8 Å². The highest BCUT2D eigenvalue weighted by atomic mass is 32.2. The van der Waals surface area contributed by atoms with Crippen molar-refractivity contribution in [2.45, 2.75) is 18.4 Å². The maximum absolute atomic E-state index is 14.2. The fraction of sp³-hybridized carbons (Fsp3) is 0.538. The van der Waals surface area contributed by atoms with Crippen LogP contribution in [0.1, 0.15) is 18.6 Å². The van der Waals surface area contributed by atoms with Crippen LogP contribution in [0, 0.1) is 5.82 Å². The maximum Gasteiger partial charge on any atom is 0.169 e. The third-order valence-corrected chi connectivity index (χ3v) is 5.99. The lowest BCUT2D eigenvalue weighted by Crippen LogP contribution is -2.47. The normalized spacial score (nSPS) is 21.8. The maximum atomic E-state index is 14.2. The molecule has 0 bridgehead atoms. The quantitative estimate of drug-likeness (QED) is 0.921. The molecule has 1 N–H and O–H groups in total. The first-order valence-electron chi connectivity index (χ1n) is 6.31. The topological polar surface area (TPSA) is 57.6 Å². The van der Waals surface area contributed by atoms with Gasteiger partial charge in [0.25, 0.3) is 0 Å². The van der Waals surface area contributed by atoms with Crippen molar-refractivity contribution in [2.24, 2.45) is 0 Å². The molecular formula is C13H18FNO3S2. The molecule has 0 amide bonds. The van der Waals surface area contributed by atoms with Gasteiger partial charge in [0, 0.05) is 24.3 Å². The van der Waals surface area contributed by atoms with E-state index in [4.69, 9.17) is 0 Å². The van der Waals surface area contributed by atoms with Crippen molar-refractivity contribution >= 4 is 27.3 Å². The monoisotopic (exact) mass is 319 g/mol. The molecule has 0 saturated carbocycles. The Hall–Kier alpha value is -0.790. The van der Waals surface area contributed by atoms with Crippen LogP contribution in [0.3, 0.4) is 0 Å². The highest BCUT2D eigenvalue weighted by molar-refractivity contribution is 8.01. The number of thioether (sulfide) groups is 1. The molecule has 1 fully saturated rings. The number of sulfone groups is 1. The molecule has 2 rings (SSSR count). The lowest BCUT2D eigenvalue weighted by atomic mass is 10.1. The lowest BCUT2D eigenvalue weighted by molar-refractivity contribution is 0.199. The van der Waals surface area contributed by atoms with E-state index < -0.39 is 27.1 Å². The van der Waals surface area contributed by atoms with Crippen LogP contribution in [0.5, 0.6) is 0 Å². The third-order valence-electron chi connectivity index (χ3n) is 3.34. The highest BCUT2D eigenvalue weighted by Gasteiger charge is 2.32. The second kappa shape index (κ2) is 5.91. The number of nitrogens with zero attached hydrogens (tertiary/aromatic N) is 1. The van der Waals surface area contributed by atoms with Crippen molar-refractivity contribution in [1.82, 2.24) is 0 Å². The molecule has 7 heteroatoms. The van der Waals surface area contributed by atoms with E-state index in [0.29, 0.717) is 17.9 Å². The van der Waals surface area contributed by atoms with Gasteiger partial charge in [0.2, 0.25) is 0 Å². The summed E-state index contributed by atoms with van der Waals surface area (Å²) in [6.07, 6.45) is 0.430. The summed E-state index contributed by atoms with van der Waals surface area (Å²) in [6.45, 7) is 2.05. The number of hydrogen-bond acceptors (Lipinski definition) is 5. The molecule has 2 atom stereocenters. The average Bonchev–Trinajstić information content (AvgIpc) is 2.37. The molecule has 2 unspecified atom stereocenters. The summed E-state index contributed by atoms with van der Waals surface area (Å²) in [7, 11) is -3.28. The molecule has 0 spiro atoms. The van der Waals surface area contributed by atoms with Gasteiger partial charge in [-0.15, -0.1) is 0 Å². The van der Waals surface area contributed by atoms with Crippen molar-refractivity contribution in [3.8, 4) is 0 Å². The number of anilines is 1. The van der Waals surface area contributed by atoms with E-state index in [1.54, 1.807) is 35.7 Å². The number of aliphatic hydroxyl groups excluding tert-OH is 1. The Bertz CT molecular complexity index is 589. The van der Waals surface area contributed by atoms with Gasteiger partial charge in [-0.05, 0) is 24.6 Å². The Balaban J connectivity index is 2.38. The predicted molar refractivity (Wildman–Crippen MR) is 80.3 cm³/mol. The molecular weight excluding hydrogens is 301 g/mol. The zero-order valence-corrected chi connectivity index (χ0v) is 13.0. The van der Waals surface area contributed by atoms with Crippen molar-refractivity contribution in [3.63, 3.8) is 0 Å². The van der Waals surface area contributed by atoms with Crippen molar-refractivity contribution in [2.75, 3.05) is 29.2 Å². The largest absolute Gasteiger partial charge is 0.389 e. The molecule has 0 radical (unpaired) electrons. The van der Waals surface area contributed by atoms with Gasteiger partial charge >= 0.3 is 0 Å². The molecule has 1 aromatic rings. The zero-order valence-electron chi connectivity index (χ0n) is 11.4. The summed E-state index contributed by atoms with van der Waals surface area (Å²) in [6, 6.07) is 4.44. The molecule has 1 aliphatic heterocycles.